The maximum Gasteiger partial charge on any atom is 0.243 e. The van der Waals surface area contributed by atoms with Crippen LogP contribution < -0.4 is 10.6 Å². The summed E-state index contributed by atoms with van der Waals surface area (Å²) in [7, 11) is 0. The molecule has 0 saturated heterocycles. The molecular formula is C18H22N2O. The first-order valence-electron chi connectivity index (χ1n) is 7.14. The number of carbonyl (C=O) groups is 1. The number of aryl methyl sites for hydroxylation is 4. The van der Waals surface area contributed by atoms with Crippen molar-refractivity contribution in [1.82, 2.24) is 0 Å². The lowest BCUT2D eigenvalue weighted by Gasteiger charge is -2.12. The Labute approximate surface area is 126 Å². The number of benzene rings is 2. The van der Waals surface area contributed by atoms with Crippen molar-refractivity contribution in [3.63, 3.8) is 0 Å². The average molecular weight is 282 g/mol. The summed E-state index contributed by atoms with van der Waals surface area (Å²) >= 11 is 0. The largest absolute Gasteiger partial charge is 0.376 e. The summed E-state index contributed by atoms with van der Waals surface area (Å²) in [6, 6.07) is 12.2. The molecule has 0 spiro atoms. The molecular weight excluding hydrogens is 260 g/mol. The van der Waals surface area contributed by atoms with Gasteiger partial charge in [0.2, 0.25) is 5.91 Å². The molecule has 2 N–H and O–H groups in total. The van der Waals surface area contributed by atoms with Crippen LogP contribution in [-0.4, -0.2) is 12.5 Å². The van der Waals surface area contributed by atoms with Crippen LogP contribution >= 0.6 is 0 Å². The molecule has 110 valence electrons. The lowest BCUT2D eigenvalue weighted by molar-refractivity contribution is -0.114. The molecule has 0 fully saturated rings. The van der Waals surface area contributed by atoms with E-state index in [1.54, 1.807) is 0 Å². The molecule has 0 aliphatic rings. The lowest BCUT2D eigenvalue weighted by atomic mass is 10.1. The first-order chi connectivity index (χ1) is 9.95. The monoisotopic (exact) mass is 282 g/mol. The van der Waals surface area contributed by atoms with Crippen molar-refractivity contribution in [2.45, 2.75) is 27.7 Å². The second-order valence-electron chi connectivity index (χ2n) is 5.54. The van der Waals surface area contributed by atoms with Crippen LogP contribution in [0.25, 0.3) is 0 Å². The molecule has 0 aliphatic heterocycles. The van der Waals surface area contributed by atoms with Crippen LogP contribution in [0.1, 0.15) is 22.3 Å². The summed E-state index contributed by atoms with van der Waals surface area (Å²) in [6.45, 7) is 8.35. The Balaban J connectivity index is 1.99. The average Bonchev–Trinajstić information content (AvgIpc) is 2.44. The highest BCUT2D eigenvalue weighted by atomic mass is 16.1. The van der Waals surface area contributed by atoms with Crippen LogP contribution in [0, 0.1) is 27.7 Å². The quantitative estimate of drug-likeness (QED) is 0.891. The molecule has 1 amide bonds. The smallest absolute Gasteiger partial charge is 0.243 e. The van der Waals surface area contributed by atoms with Crippen molar-refractivity contribution in [2.24, 2.45) is 0 Å². The van der Waals surface area contributed by atoms with Crippen LogP contribution in [0.5, 0.6) is 0 Å². The van der Waals surface area contributed by atoms with E-state index in [1.807, 2.05) is 45.9 Å². The van der Waals surface area contributed by atoms with Gasteiger partial charge in [0.15, 0.2) is 0 Å². The topological polar surface area (TPSA) is 41.1 Å². The minimum Gasteiger partial charge on any atom is -0.376 e. The van der Waals surface area contributed by atoms with E-state index in [0.717, 1.165) is 28.1 Å². The van der Waals surface area contributed by atoms with E-state index in [4.69, 9.17) is 0 Å². The summed E-state index contributed by atoms with van der Waals surface area (Å²) in [5.41, 5.74) is 6.41. The summed E-state index contributed by atoms with van der Waals surface area (Å²) in [6.07, 6.45) is 0. The fourth-order valence-corrected chi connectivity index (χ4v) is 2.17. The number of anilines is 2. The van der Waals surface area contributed by atoms with Gasteiger partial charge in [-0.25, -0.2) is 0 Å². The molecule has 0 atom stereocenters. The van der Waals surface area contributed by atoms with Gasteiger partial charge in [-0.15, -0.1) is 0 Å². The normalized spacial score (nSPS) is 10.3. The predicted octanol–water partition coefficient (Wildman–Crippen LogP) is 3.97. The Hall–Kier alpha value is -2.29. The fraction of sp³-hybridized carbons (Fsp3) is 0.278. The third-order valence-corrected chi connectivity index (χ3v) is 3.50. The van der Waals surface area contributed by atoms with Crippen LogP contribution in [0.2, 0.25) is 0 Å². The van der Waals surface area contributed by atoms with E-state index in [0.29, 0.717) is 0 Å². The lowest BCUT2D eigenvalue weighted by Crippen LogP contribution is -2.22. The molecule has 0 aromatic heterocycles. The van der Waals surface area contributed by atoms with E-state index in [2.05, 4.69) is 28.8 Å². The van der Waals surface area contributed by atoms with Crippen molar-refractivity contribution in [2.75, 3.05) is 17.2 Å². The molecule has 3 nitrogen and oxygen atoms in total. The van der Waals surface area contributed by atoms with E-state index in [9.17, 15) is 4.79 Å². The maximum atomic E-state index is 12.1. The molecule has 0 heterocycles. The van der Waals surface area contributed by atoms with E-state index < -0.39 is 0 Å². The highest BCUT2D eigenvalue weighted by Gasteiger charge is 2.06. The molecule has 21 heavy (non-hydrogen) atoms. The van der Waals surface area contributed by atoms with E-state index in [1.165, 1.54) is 5.56 Å². The van der Waals surface area contributed by atoms with Gasteiger partial charge >= 0.3 is 0 Å². The number of hydrogen-bond acceptors (Lipinski definition) is 2. The minimum atomic E-state index is -0.0374. The van der Waals surface area contributed by atoms with Gasteiger partial charge in [0.05, 0.1) is 6.54 Å². The third-order valence-electron chi connectivity index (χ3n) is 3.50. The maximum absolute atomic E-state index is 12.1. The Morgan fingerprint density at radius 3 is 2.00 bits per heavy atom. The number of hydrogen-bond donors (Lipinski definition) is 2. The Bertz CT molecular complexity index is 662. The summed E-state index contributed by atoms with van der Waals surface area (Å²) in [5, 5.41) is 6.15. The molecule has 0 aliphatic carbocycles. The first kappa shape index (κ1) is 15.1. The predicted molar refractivity (Wildman–Crippen MR) is 89.0 cm³/mol. The van der Waals surface area contributed by atoms with Gasteiger partial charge in [-0.1, -0.05) is 24.3 Å². The molecule has 3 heteroatoms. The molecule has 2 aromatic rings. The van der Waals surface area contributed by atoms with Crippen LogP contribution in [0.4, 0.5) is 11.4 Å². The van der Waals surface area contributed by atoms with Crippen LogP contribution in [-0.2, 0) is 4.79 Å². The van der Waals surface area contributed by atoms with Crippen molar-refractivity contribution < 1.29 is 4.79 Å². The Morgan fingerprint density at radius 1 is 0.857 bits per heavy atom. The van der Waals surface area contributed by atoms with E-state index in [-0.39, 0.29) is 12.5 Å². The molecule has 2 aromatic carbocycles. The Morgan fingerprint density at radius 2 is 1.38 bits per heavy atom. The fourth-order valence-electron chi connectivity index (χ4n) is 2.17. The van der Waals surface area contributed by atoms with Crippen LogP contribution in [0.15, 0.2) is 36.4 Å². The molecule has 0 bridgehead atoms. The van der Waals surface area contributed by atoms with Gasteiger partial charge in [-0.2, -0.15) is 0 Å². The summed E-state index contributed by atoms with van der Waals surface area (Å²) in [4.78, 5) is 12.1. The van der Waals surface area contributed by atoms with E-state index >= 15 is 0 Å². The van der Waals surface area contributed by atoms with Crippen molar-refractivity contribution in [1.29, 1.82) is 0 Å². The minimum absolute atomic E-state index is 0.0374. The van der Waals surface area contributed by atoms with Gasteiger partial charge in [-0.3, -0.25) is 4.79 Å². The molecule has 0 unspecified atom stereocenters. The zero-order valence-electron chi connectivity index (χ0n) is 13.1. The third kappa shape index (κ3) is 4.09. The second-order valence-corrected chi connectivity index (χ2v) is 5.54. The van der Waals surface area contributed by atoms with Gasteiger partial charge in [0, 0.05) is 11.4 Å². The standard InChI is InChI=1S/C18H22N2O/c1-12-5-7-14(3)16(9-12)19-11-18(21)20-17-10-13(2)6-8-15(17)4/h5-10,19H,11H2,1-4H3,(H,20,21). The summed E-state index contributed by atoms with van der Waals surface area (Å²) in [5.74, 6) is -0.0374. The zero-order chi connectivity index (χ0) is 15.4. The molecule has 0 radical (unpaired) electrons. The summed E-state index contributed by atoms with van der Waals surface area (Å²) < 4.78 is 0. The van der Waals surface area contributed by atoms with Gasteiger partial charge in [-0.05, 0) is 62.1 Å². The van der Waals surface area contributed by atoms with Gasteiger partial charge in [0.25, 0.3) is 0 Å². The Kier molecular flexibility index (Phi) is 4.63. The van der Waals surface area contributed by atoms with Crippen molar-refractivity contribution >= 4 is 17.3 Å². The molecule has 0 saturated carbocycles. The highest BCUT2D eigenvalue weighted by molar-refractivity contribution is 5.94. The van der Waals surface area contributed by atoms with Crippen molar-refractivity contribution in [3.05, 3.63) is 58.7 Å². The van der Waals surface area contributed by atoms with Crippen molar-refractivity contribution in [3.8, 4) is 0 Å². The molecule has 2 rings (SSSR count). The zero-order valence-corrected chi connectivity index (χ0v) is 13.1. The highest BCUT2D eigenvalue weighted by Crippen LogP contribution is 2.17. The number of carbonyl (C=O) groups excluding carboxylic acids is 1. The number of rotatable bonds is 4. The number of amides is 1. The SMILES string of the molecule is Cc1ccc(C)c(NCC(=O)Nc2cc(C)ccc2C)c1. The number of nitrogens with one attached hydrogen (secondary N) is 2. The van der Waals surface area contributed by atoms with Gasteiger partial charge in [0.1, 0.15) is 0 Å². The van der Waals surface area contributed by atoms with Crippen LogP contribution in [0.3, 0.4) is 0 Å². The first-order valence-corrected chi connectivity index (χ1v) is 7.14. The second kappa shape index (κ2) is 6.44. The van der Waals surface area contributed by atoms with Gasteiger partial charge < -0.3 is 10.6 Å².